The summed E-state index contributed by atoms with van der Waals surface area (Å²) >= 11 is 6.21. The van der Waals surface area contributed by atoms with Gasteiger partial charge in [0.1, 0.15) is 17.5 Å². The molecule has 2 atom stereocenters. The van der Waals surface area contributed by atoms with E-state index in [1.807, 2.05) is 36.4 Å². The van der Waals surface area contributed by atoms with Crippen molar-refractivity contribution in [2.24, 2.45) is 0 Å². The summed E-state index contributed by atoms with van der Waals surface area (Å²) in [7, 11) is 0. The number of ether oxygens (including phenoxy) is 1. The fraction of sp³-hybridized carbons (Fsp3) is 0.172. The molecule has 198 valence electrons. The van der Waals surface area contributed by atoms with Crippen LogP contribution < -0.4 is 10.6 Å². The second kappa shape index (κ2) is 10.6. The molecule has 1 aliphatic heterocycles. The summed E-state index contributed by atoms with van der Waals surface area (Å²) in [5, 5.41) is 19.5. The molecule has 2 amide bonds. The van der Waals surface area contributed by atoms with Crippen molar-refractivity contribution < 1.29 is 28.8 Å². The molecule has 5 rings (SSSR count). The van der Waals surface area contributed by atoms with Crippen LogP contribution in [-0.2, 0) is 14.3 Å². The van der Waals surface area contributed by atoms with Crippen LogP contribution in [0.25, 0.3) is 22.5 Å². The number of aromatic nitrogens is 1. The number of fused-ring (bicyclic) bond motifs is 1. The monoisotopic (exact) mass is 545 g/mol. The number of carboxylic acid groups (broad SMARTS) is 1. The molecule has 3 aromatic carbocycles. The van der Waals surface area contributed by atoms with Gasteiger partial charge in [-0.2, -0.15) is 0 Å². The molecule has 0 aliphatic carbocycles. The third kappa shape index (κ3) is 5.35. The van der Waals surface area contributed by atoms with E-state index in [1.165, 1.54) is 0 Å². The first-order valence-electron chi connectivity index (χ1n) is 12.2. The van der Waals surface area contributed by atoms with E-state index in [2.05, 4.69) is 15.8 Å². The molecule has 0 spiro atoms. The number of nitrogens with one attached hydrogen (secondary N) is 2. The summed E-state index contributed by atoms with van der Waals surface area (Å²) in [6, 6.07) is 19.8. The summed E-state index contributed by atoms with van der Waals surface area (Å²) in [5.41, 5.74) is 4.93. The van der Waals surface area contributed by atoms with Gasteiger partial charge in [0.15, 0.2) is 5.76 Å². The highest BCUT2D eigenvalue weighted by atomic mass is 35.5. The molecule has 0 saturated carbocycles. The van der Waals surface area contributed by atoms with Crippen molar-refractivity contribution in [2.75, 3.05) is 10.6 Å². The summed E-state index contributed by atoms with van der Waals surface area (Å²) in [5.74, 6) is -1.87. The number of benzene rings is 3. The summed E-state index contributed by atoms with van der Waals surface area (Å²) in [4.78, 5) is 36.3. The molecular weight excluding hydrogens is 522 g/mol. The third-order valence-electron chi connectivity index (χ3n) is 6.59. The van der Waals surface area contributed by atoms with Gasteiger partial charge in [-0.25, -0.2) is 4.79 Å². The summed E-state index contributed by atoms with van der Waals surface area (Å²) < 4.78 is 11.0. The van der Waals surface area contributed by atoms with Crippen molar-refractivity contribution in [3.8, 4) is 22.5 Å². The number of amides is 2. The quantitative estimate of drug-likeness (QED) is 0.243. The van der Waals surface area contributed by atoms with Crippen LogP contribution in [0.3, 0.4) is 0 Å². The zero-order valence-electron chi connectivity index (χ0n) is 21.0. The molecule has 2 heterocycles. The third-order valence-corrected chi connectivity index (χ3v) is 6.93. The molecule has 9 nitrogen and oxygen atoms in total. The number of halogens is 1. The van der Waals surface area contributed by atoms with Gasteiger partial charge < -0.3 is 19.7 Å². The number of hydrogen-bond acceptors (Lipinski definition) is 6. The maximum absolute atomic E-state index is 12.7. The predicted molar refractivity (Wildman–Crippen MR) is 146 cm³/mol. The summed E-state index contributed by atoms with van der Waals surface area (Å²) in [6.07, 6.45) is -1.34. The molecule has 2 unspecified atom stereocenters. The fourth-order valence-electron chi connectivity index (χ4n) is 4.55. The highest BCUT2D eigenvalue weighted by molar-refractivity contribution is 6.31. The zero-order valence-corrected chi connectivity index (χ0v) is 21.8. The first-order valence-corrected chi connectivity index (χ1v) is 12.5. The SMILES string of the molecule is Cc1noc(-c2ccc(-c3ccc4c(c3)NC(=O)CC4C(=O)O)cc2)c1NC(=O)OC(C)c1ccccc1Cl. The van der Waals surface area contributed by atoms with E-state index in [0.717, 1.165) is 11.1 Å². The Labute approximate surface area is 228 Å². The van der Waals surface area contributed by atoms with Crippen LogP contribution in [-0.4, -0.2) is 28.2 Å². The van der Waals surface area contributed by atoms with Gasteiger partial charge in [-0.15, -0.1) is 0 Å². The van der Waals surface area contributed by atoms with Crippen molar-refractivity contribution in [3.05, 3.63) is 88.6 Å². The number of hydrogen-bond donors (Lipinski definition) is 3. The first-order chi connectivity index (χ1) is 18.7. The van der Waals surface area contributed by atoms with Crippen LogP contribution in [0.15, 0.2) is 71.3 Å². The van der Waals surface area contributed by atoms with Gasteiger partial charge >= 0.3 is 12.1 Å². The van der Waals surface area contributed by atoms with Crippen molar-refractivity contribution in [2.45, 2.75) is 32.3 Å². The highest BCUT2D eigenvalue weighted by Crippen LogP contribution is 2.37. The lowest BCUT2D eigenvalue weighted by Gasteiger charge is -2.23. The largest absolute Gasteiger partial charge is 0.481 e. The Balaban J connectivity index is 1.34. The molecule has 0 fully saturated rings. The van der Waals surface area contributed by atoms with Gasteiger partial charge in [0.25, 0.3) is 0 Å². The number of carboxylic acids is 1. The molecule has 0 bridgehead atoms. The Morgan fingerprint density at radius 1 is 1.10 bits per heavy atom. The number of nitrogens with zero attached hydrogens (tertiary/aromatic N) is 1. The minimum Gasteiger partial charge on any atom is -0.481 e. The Morgan fingerprint density at radius 2 is 1.79 bits per heavy atom. The van der Waals surface area contributed by atoms with Crippen LogP contribution in [0.5, 0.6) is 0 Å². The van der Waals surface area contributed by atoms with Crippen molar-refractivity contribution in [1.29, 1.82) is 0 Å². The van der Waals surface area contributed by atoms with E-state index in [4.69, 9.17) is 20.9 Å². The minimum absolute atomic E-state index is 0.0875. The van der Waals surface area contributed by atoms with E-state index in [-0.39, 0.29) is 12.3 Å². The maximum Gasteiger partial charge on any atom is 0.412 e. The van der Waals surface area contributed by atoms with Crippen molar-refractivity contribution >= 4 is 40.9 Å². The van der Waals surface area contributed by atoms with Gasteiger partial charge in [-0.1, -0.05) is 71.4 Å². The van der Waals surface area contributed by atoms with Gasteiger partial charge in [-0.05, 0) is 42.7 Å². The standard InChI is InChI=1S/C29H24ClN3O6/c1-15-26(32-29(37)38-16(2)20-5-3-4-6-23(20)30)27(39-33-15)18-9-7-17(8-10-18)19-11-12-21-22(28(35)36)14-25(34)31-24(21)13-19/h3-13,16,22H,14H2,1-2H3,(H,31,34)(H,32,37)(H,35,36). The van der Waals surface area contributed by atoms with E-state index >= 15 is 0 Å². The van der Waals surface area contributed by atoms with Crippen LogP contribution >= 0.6 is 11.6 Å². The number of aryl methyl sites for hydroxylation is 1. The van der Waals surface area contributed by atoms with Crippen molar-refractivity contribution in [3.63, 3.8) is 0 Å². The topological polar surface area (TPSA) is 131 Å². The second-order valence-electron chi connectivity index (χ2n) is 9.19. The predicted octanol–water partition coefficient (Wildman–Crippen LogP) is 6.79. The molecule has 39 heavy (non-hydrogen) atoms. The van der Waals surface area contributed by atoms with E-state index in [1.54, 1.807) is 44.2 Å². The molecule has 4 aromatic rings. The number of rotatable bonds is 6. The molecule has 1 aliphatic rings. The van der Waals surface area contributed by atoms with E-state index < -0.39 is 24.1 Å². The molecule has 0 radical (unpaired) electrons. The van der Waals surface area contributed by atoms with Crippen LogP contribution in [0.1, 0.15) is 42.2 Å². The fourth-order valence-corrected chi connectivity index (χ4v) is 4.84. The number of carbonyl (C=O) groups is 3. The van der Waals surface area contributed by atoms with Gasteiger partial charge in [0, 0.05) is 28.3 Å². The zero-order chi connectivity index (χ0) is 27.7. The van der Waals surface area contributed by atoms with Crippen LogP contribution in [0, 0.1) is 6.92 Å². The summed E-state index contributed by atoms with van der Waals surface area (Å²) in [6.45, 7) is 3.44. The number of carbonyl (C=O) groups excluding carboxylic acids is 2. The second-order valence-corrected chi connectivity index (χ2v) is 9.60. The van der Waals surface area contributed by atoms with Gasteiger partial charge in [0.2, 0.25) is 5.91 Å². The smallest absolute Gasteiger partial charge is 0.412 e. The first kappa shape index (κ1) is 26.0. The van der Waals surface area contributed by atoms with Gasteiger partial charge in [-0.3, -0.25) is 14.9 Å². The van der Waals surface area contributed by atoms with Gasteiger partial charge in [0.05, 0.1) is 5.92 Å². The molecule has 10 heteroatoms. The number of anilines is 2. The molecule has 0 saturated heterocycles. The Kier molecular flexibility index (Phi) is 7.08. The Bertz CT molecular complexity index is 1580. The van der Waals surface area contributed by atoms with E-state index in [9.17, 15) is 19.5 Å². The lowest BCUT2D eigenvalue weighted by atomic mass is 9.89. The molecular formula is C29H24ClN3O6. The Morgan fingerprint density at radius 3 is 2.51 bits per heavy atom. The van der Waals surface area contributed by atoms with E-state index in [0.29, 0.717) is 44.5 Å². The van der Waals surface area contributed by atoms with Crippen LogP contribution in [0.2, 0.25) is 5.02 Å². The lowest BCUT2D eigenvalue weighted by molar-refractivity contribution is -0.140. The maximum atomic E-state index is 12.7. The lowest BCUT2D eigenvalue weighted by Crippen LogP contribution is -2.27. The number of aliphatic carboxylic acids is 1. The molecule has 1 aromatic heterocycles. The average molecular weight is 546 g/mol. The average Bonchev–Trinajstić information content (AvgIpc) is 3.27. The normalized spacial score (nSPS) is 15.2. The minimum atomic E-state index is -1.03. The Hall–Kier alpha value is -4.63. The molecule has 3 N–H and O–H groups in total. The van der Waals surface area contributed by atoms with Crippen LogP contribution in [0.4, 0.5) is 16.2 Å². The van der Waals surface area contributed by atoms with Crippen molar-refractivity contribution in [1.82, 2.24) is 5.16 Å². The highest BCUT2D eigenvalue weighted by Gasteiger charge is 2.30.